The van der Waals surface area contributed by atoms with Crippen LogP contribution in [0.25, 0.3) is 0 Å². The van der Waals surface area contributed by atoms with Crippen LogP contribution in [-0.4, -0.2) is 12.0 Å². The largest absolute Gasteiger partial charge is 0.316 e. The van der Waals surface area contributed by atoms with Crippen LogP contribution in [0.15, 0.2) is 55.4 Å². The topological polar surface area (TPSA) is 24.9 Å². The average Bonchev–Trinajstić information content (AvgIpc) is 2.36. The molecule has 1 N–H and O–H groups in total. The molecule has 0 aliphatic rings. The molecule has 1 heterocycles. The second kappa shape index (κ2) is 6.70. The average molecular weight is 388 g/mol. The molecule has 0 bridgehead atoms. The minimum Gasteiger partial charge on any atom is -0.316 e. The summed E-state index contributed by atoms with van der Waals surface area (Å²) in [4.78, 5) is 5.52. The summed E-state index contributed by atoms with van der Waals surface area (Å²) in [5.41, 5.74) is 1.25. The van der Waals surface area contributed by atoms with Crippen LogP contribution in [0.5, 0.6) is 0 Å². The van der Waals surface area contributed by atoms with Crippen molar-refractivity contribution in [2.45, 2.75) is 16.5 Å². The maximum Gasteiger partial charge on any atom is 0.115 e. The number of halogens is 2. The third-order valence-corrected chi connectivity index (χ3v) is 4.98. The zero-order valence-corrected chi connectivity index (χ0v) is 13.8. The molecule has 0 atom stereocenters. The van der Waals surface area contributed by atoms with Crippen LogP contribution in [0.4, 0.5) is 0 Å². The van der Waals surface area contributed by atoms with Crippen molar-refractivity contribution in [1.82, 2.24) is 10.3 Å². The molecule has 0 aliphatic carbocycles. The molecule has 2 aromatic rings. The quantitative estimate of drug-likeness (QED) is 0.837. The maximum absolute atomic E-state index is 4.35. The van der Waals surface area contributed by atoms with Crippen LogP contribution in [0.3, 0.4) is 0 Å². The van der Waals surface area contributed by atoms with Gasteiger partial charge in [-0.15, -0.1) is 0 Å². The lowest BCUT2D eigenvalue weighted by Gasteiger charge is -2.07. The number of pyridine rings is 1. The van der Waals surface area contributed by atoms with Crippen molar-refractivity contribution in [3.05, 3.63) is 51.0 Å². The van der Waals surface area contributed by atoms with Gasteiger partial charge in [0.25, 0.3) is 0 Å². The molecule has 0 spiro atoms. The molecule has 94 valence electrons. The molecule has 2 rings (SSSR count). The van der Waals surface area contributed by atoms with Crippen LogP contribution in [0, 0.1) is 0 Å². The van der Waals surface area contributed by atoms with Crippen molar-refractivity contribution in [2.24, 2.45) is 0 Å². The van der Waals surface area contributed by atoms with Gasteiger partial charge in [0.1, 0.15) is 5.03 Å². The first-order valence-electron chi connectivity index (χ1n) is 5.42. The SMILES string of the molecule is CNCc1ccc(Sc2ncccc2Br)cc1Br. The van der Waals surface area contributed by atoms with E-state index in [1.54, 1.807) is 18.0 Å². The van der Waals surface area contributed by atoms with Gasteiger partial charge in [-0.05, 0) is 52.8 Å². The second-order valence-corrected chi connectivity index (χ2v) is 6.45. The van der Waals surface area contributed by atoms with Crippen molar-refractivity contribution in [2.75, 3.05) is 7.05 Å². The highest BCUT2D eigenvalue weighted by atomic mass is 79.9. The summed E-state index contributed by atoms with van der Waals surface area (Å²) in [5.74, 6) is 0. The van der Waals surface area contributed by atoms with Crippen molar-refractivity contribution in [1.29, 1.82) is 0 Å². The molecule has 0 aliphatic heterocycles. The maximum atomic E-state index is 4.35. The van der Waals surface area contributed by atoms with Crippen molar-refractivity contribution >= 4 is 43.6 Å². The Kier molecular flexibility index (Phi) is 5.24. The Morgan fingerprint density at radius 2 is 2.06 bits per heavy atom. The lowest BCUT2D eigenvalue weighted by Crippen LogP contribution is -2.05. The Bertz CT molecular complexity index is 546. The lowest BCUT2D eigenvalue weighted by molar-refractivity contribution is 0.813. The monoisotopic (exact) mass is 386 g/mol. The molecular formula is C13H12Br2N2S. The summed E-state index contributed by atoms with van der Waals surface area (Å²) in [7, 11) is 1.94. The fraction of sp³-hybridized carbons (Fsp3) is 0.154. The third kappa shape index (κ3) is 3.57. The summed E-state index contributed by atoms with van der Waals surface area (Å²) in [6.45, 7) is 0.860. The summed E-state index contributed by atoms with van der Waals surface area (Å²) >= 11 is 8.75. The van der Waals surface area contributed by atoms with Gasteiger partial charge in [-0.1, -0.05) is 33.8 Å². The van der Waals surface area contributed by atoms with Gasteiger partial charge >= 0.3 is 0 Å². The molecular weight excluding hydrogens is 376 g/mol. The summed E-state index contributed by atoms with van der Waals surface area (Å²) in [6, 6.07) is 10.3. The van der Waals surface area contributed by atoms with Crippen LogP contribution >= 0.6 is 43.6 Å². The Hall–Kier alpha value is -0.360. The van der Waals surface area contributed by atoms with E-state index in [0.29, 0.717) is 0 Å². The number of aromatic nitrogens is 1. The number of nitrogens with zero attached hydrogens (tertiary/aromatic N) is 1. The summed E-state index contributed by atoms with van der Waals surface area (Å²) in [5, 5.41) is 4.12. The van der Waals surface area contributed by atoms with E-state index in [-0.39, 0.29) is 0 Å². The Balaban J connectivity index is 2.20. The van der Waals surface area contributed by atoms with Crippen LogP contribution in [0.2, 0.25) is 0 Å². The third-order valence-electron chi connectivity index (χ3n) is 2.33. The predicted octanol–water partition coefficient (Wildman–Crippen LogP) is 4.48. The molecule has 18 heavy (non-hydrogen) atoms. The Labute approximate surface area is 128 Å². The van der Waals surface area contributed by atoms with Gasteiger partial charge in [0, 0.05) is 22.1 Å². The zero-order valence-electron chi connectivity index (χ0n) is 9.78. The number of hydrogen-bond acceptors (Lipinski definition) is 3. The fourth-order valence-electron chi connectivity index (χ4n) is 1.48. The molecule has 2 nitrogen and oxygen atoms in total. The minimum atomic E-state index is 0.860. The summed E-state index contributed by atoms with van der Waals surface area (Å²) < 4.78 is 2.14. The first kappa shape index (κ1) is 14.1. The van der Waals surface area contributed by atoms with E-state index in [0.717, 1.165) is 20.5 Å². The zero-order chi connectivity index (χ0) is 13.0. The normalized spacial score (nSPS) is 10.6. The van der Waals surface area contributed by atoms with E-state index in [2.05, 4.69) is 60.4 Å². The van der Waals surface area contributed by atoms with Crippen molar-refractivity contribution in [3.8, 4) is 0 Å². The first-order valence-corrected chi connectivity index (χ1v) is 7.82. The second-order valence-electron chi connectivity index (χ2n) is 3.68. The first-order chi connectivity index (χ1) is 8.70. The van der Waals surface area contributed by atoms with Crippen LogP contribution < -0.4 is 5.32 Å². The van der Waals surface area contributed by atoms with E-state index in [1.807, 2.05) is 19.2 Å². The molecule has 0 amide bonds. The molecule has 1 aromatic heterocycles. The van der Waals surface area contributed by atoms with Crippen LogP contribution in [-0.2, 0) is 6.54 Å². The highest BCUT2D eigenvalue weighted by Gasteiger charge is 2.05. The molecule has 0 unspecified atom stereocenters. The van der Waals surface area contributed by atoms with E-state index < -0.39 is 0 Å². The van der Waals surface area contributed by atoms with Crippen molar-refractivity contribution < 1.29 is 0 Å². The van der Waals surface area contributed by atoms with Gasteiger partial charge in [-0.3, -0.25) is 0 Å². The Morgan fingerprint density at radius 3 is 2.72 bits per heavy atom. The predicted molar refractivity (Wildman–Crippen MR) is 83.0 cm³/mol. The fourth-order valence-corrected chi connectivity index (χ4v) is 3.47. The van der Waals surface area contributed by atoms with Gasteiger partial charge in [0.2, 0.25) is 0 Å². The molecule has 0 saturated carbocycles. The van der Waals surface area contributed by atoms with Crippen LogP contribution in [0.1, 0.15) is 5.56 Å². The molecule has 5 heteroatoms. The van der Waals surface area contributed by atoms with E-state index in [1.165, 1.54) is 10.5 Å². The van der Waals surface area contributed by atoms with Crippen molar-refractivity contribution in [3.63, 3.8) is 0 Å². The lowest BCUT2D eigenvalue weighted by atomic mass is 10.2. The molecule has 0 saturated heterocycles. The molecule has 0 fully saturated rings. The number of nitrogens with one attached hydrogen (secondary N) is 1. The Morgan fingerprint density at radius 1 is 1.22 bits per heavy atom. The van der Waals surface area contributed by atoms with E-state index in [9.17, 15) is 0 Å². The molecule has 1 aromatic carbocycles. The number of rotatable bonds is 4. The number of hydrogen-bond donors (Lipinski definition) is 1. The molecule has 0 radical (unpaired) electrons. The van der Waals surface area contributed by atoms with E-state index in [4.69, 9.17) is 0 Å². The van der Waals surface area contributed by atoms with Gasteiger partial charge in [0.05, 0.1) is 4.47 Å². The van der Waals surface area contributed by atoms with Gasteiger partial charge in [-0.25, -0.2) is 4.98 Å². The highest BCUT2D eigenvalue weighted by molar-refractivity contribution is 9.10. The highest BCUT2D eigenvalue weighted by Crippen LogP contribution is 2.33. The minimum absolute atomic E-state index is 0.860. The summed E-state index contributed by atoms with van der Waals surface area (Å²) in [6.07, 6.45) is 1.80. The number of benzene rings is 1. The van der Waals surface area contributed by atoms with Gasteiger partial charge < -0.3 is 5.32 Å². The van der Waals surface area contributed by atoms with E-state index >= 15 is 0 Å². The van der Waals surface area contributed by atoms with Gasteiger partial charge in [0.15, 0.2) is 0 Å². The van der Waals surface area contributed by atoms with Gasteiger partial charge in [-0.2, -0.15) is 0 Å². The standard InChI is InChI=1S/C13H12Br2N2S/c1-16-8-9-4-5-10(7-12(9)15)18-13-11(14)3-2-6-17-13/h2-7,16H,8H2,1H3. The smallest absolute Gasteiger partial charge is 0.115 e.